The highest BCUT2D eigenvalue weighted by atomic mass is 32.1. The number of nitrogens with one attached hydrogen (secondary N) is 1. The van der Waals surface area contributed by atoms with Crippen molar-refractivity contribution < 1.29 is 14.3 Å². The van der Waals surface area contributed by atoms with Gasteiger partial charge >= 0.3 is 5.97 Å². The smallest absolute Gasteiger partial charge is 0.348 e. The fraction of sp³-hybridized carbons (Fsp3) is 0.600. The second-order valence-corrected chi connectivity index (χ2v) is 6.11. The van der Waals surface area contributed by atoms with Gasteiger partial charge in [-0.05, 0) is 24.3 Å². The molecule has 5 heteroatoms. The summed E-state index contributed by atoms with van der Waals surface area (Å²) in [5.74, 6) is -0.617. The van der Waals surface area contributed by atoms with Gasteiger partial charge in [0, 0.05) is 6.04 Å². The van der Waals surface area contributed by atoms with Crippen molar-refractivity contribution >= 4 is 23.2 Å². The zero-order valence-corrected chi connectivity index (χ0v) is 12.4. The molecule has 1 aromatic heterocycles. The number of rotatable bonds is 4. The minimum Gasteiger partial charge on any atom is -0.451 e. The van der Waals surface area contributed by atoms with Crippen LogP contribution in [0.4, 0.5) is 0 Å². The first-order valence-electron chi connectivity index (χ1n) is 7.25. The Morgan fingerprint density at radius 3 is 2.55 bits per heavy atom. The van der Waals surface area contributed by atoms with Gasteiger partial charge < -0.3 is 10.1 Å². The number of ether oxygens (including phenoxy) is 1. The molecule has 0 radical (unpaired) electrons. The molecule has 0 bridgehead atoms. The highest BCUT2D eigenvalue weighted by Gasteiger charge is 2.16. The van der Waals surface area contributed by atoms with E-state index in [4.69, 9.17) is 4.74 Å². The summed E-state index contributed by atoms with van der Waals surface area (Å²) in [4.78, 5) is 23.9. The second-order valence-electron chi connectivity index (χ2n) is 5.16. The Kier molecular flexibility index (Phi) is 6.05. The molecule has 0 unspecified atom stereocenters. The molecule has 1 aliphatic carbocycles. The lowest BCUT2D eigenvalue weighted by molar-refractivity contribution is -0.125. The van der Waals surface area contributed by atoms with Crippen LogP contribution >= 0.6 is 11.3 Å². The van der Waals surface area contributed by atoms with Gasteiger partial charge in [-0.25, -0.2) is 4.79 Å². The number of carbonyl (C=O) groups is 2. The number of hydrogen-bond acceptors (Lipinski definition) is 4. The van der Waals surface area contributed by atoms with E-state index in [1.807, 2.05) is 5.38 Å². The molecule has 0 aliphatic heterocycles. The molecule has 0 aromatic carbocycles. The summed E-state index contributed by atoms with van der Waals surface area (Å²) in [5, 5.41) is 4.79. The van der Waals surface area contributed by atoms with Crippen molar-refractivity contribution in [3.05, 3.63) is 22.4 Å². The lowest BCUT2D eigenvalue weighted by Crippen LogP contribution is -2.38. The van der Waals surface area contributed by atoms with Gasteiger partial charge in [0.15, 0.2) is 6.61 Å². The van der Waals surface area contributed by atoms with Gasteiger partial charge in [-0.15, -0.1) is 11.3 Å². The van der Waals surface area contributed by atoms with E-state index in [-0.39, 0.29) is 18.6 Å². The largest absolute Gasteiger partial charge is 0.451 e. The summed E-state index contributed by atoms with van der Waals surface area (Å²) in [5.41, 5.74) is 0. The highest BCUT2D eigenvalue weighted by molar-refractivity contribution is 7.11. The third-order valence-electron chi connectivity index (χ3n) is 3.53. The standard InChI is InChI=1S/C15H21NO3S/c17-14(11-19-15(18)13-9-6-10-20-13)16-12-7-4-2-1-3-5-8-12/h6,9-10,12H,1-5,7-8,11H2,(H,16,17). The van der Waals surface area contributed by atoms with Gasteiger partial charge in [-0.2, -0.15) is 0 Å². The Balaban J connectivity index is 1.70. The Bertz CT molecular complexity index is 422. The molecule has 1 heterocycles. The summed E-state index contributed by atoms with van der Waals surface area (Å²) < 4.78 is 5.01. The summed E-state index contributed by atoms with van der Waals surface area (Å²) in [7, 11) is 0. The number of hydrogen-bond donors (Lipinski definition) is 1. The van der Waals surface area contributed by atoms with E-state index in [0.717, 1.165) is 12.8 Å². The van der Waals surface area contributed by atoms with E-state index < -0.39 is 5.97 Å². The lowest BCUT2D eigenvalue weighted by atomic mass is 9.97. The van der Waals surface area contributed by atoms with Gasteiger partial charge in [0.1, 0.15) is 4.88 Å². The van der Waals surface area contributed by atoms with Crippen molar-refractivity contribution in [3.8, 4) is 0 Å². The van der Waals surface area contributed by atoms with E-state index in [1.165, 1.54) is 43.4 Å². The molecule has 0 saturated heterocycles. The monoisotopic (exact) mass is 295 g/mol. The maximum atomic E-state index is 11.8. The van der Waals surface area contributed by atoms with Crippen molar-refractivity contribution in [1.82, 2.24) is 5.32 Å². The Hall–Kier alpha value is -1.36. The number of amides is 1. The van der Waals surface area contributed by atoms with Crippen LogP contribution in [0.1, 0.15) is 54.6 Å². The molecule has 1 fully saturated rings. The minimum absolute atomic E-state index is 0.187. The first kappa shape index (κ1) is 15.0. The molecule has 4 nitrogen and oxygen atoms in total. The van der Waals surface area contributed by atoms with Gasteiger partial charge in [0.05, 0.1) is 0 Å². The minimum atomic E-state index is -0.423. The zero-order chi connectivity index (χ0) is 14.2. The van der Waals surface area contributed by atoms with Crippen LogP contribution in [0.25, 0.3) is 0 Å². The van der Waals surface area contributed by atoms with Crippen LogP contribution in [0.3, 0.4) is 0 Å². The van der Waals surface area contributed by atoms with Crippen LogP contribution in [0, 0.1) is 0 Å². The Labute approximate surface area is 123 Å². The predicted molar refractivity (Wildman–Crippen MR) is 78.9 cm³/mol. The molecule has 1 saturated carbocycles. The van der Waals surface area contributed by atoms with E-state index in [9.17, 15) is 9.59 Å². The van der Waals surface area contributed by atoms with Crippen molar-refractivity contribution in [1.29, 1.82) is 0 Å². The molecule has 0 atom stereocenters. The maximum absolute atomic E-state index is 11.8. The van der Waals surface area contributed by atoms with E-state index in [2.05, 4.69) is 5.32 Å². The first-order valence-corrected chi connectivity index (χ1v) is 8.13. The molecule has 0 spiro atoms. The second kappa shape index (κ2) is 8.04. The van der Waals surface area contributed by atoms with Gasteiger partial charge in [-0.1, -0.05) is 38.2 Å². The first-order chi connectivity index (χ1) is 9.75. The van der Waals surface area contributed by atoms with Crippen molar-refractivity contribution in [2.75, 3.05) is 6.61 Å². The third kappa shape index (κ3) is 4.96. The average Bonchev–Trinajstić information content (AvgIpc) is 2.93. The molecule has 1 N–H and O–H groups in total. The fourth-order valence-corrected chi connectivity index (χ4v) is 3.08. The van der Waals surface area contributed by atoms with Gasteiger partial charge in [0.25, 0.3) is 5.91 Å². The molecule has 1 amide bonds. The van der Waals surface area contributed by atoms with E-state index in [1.54, 1.807) is 12.1 Å². The quantitative estimate of drug-likeness (QED) is 0.868. The molecule has 1 aliphatic rings. The normalized spacial score (nSPS) is 17.0. The Morgan fingerprint density at radius 1 is 1.20 bits per heavy atom. The zero-order valence-electron chi connectivity index (χ0n) is 11.6. The van der Waals surface area contributed by atoms with Crippen LogP contribution in [0.5, 0.6) is 0 Å². The van der Waals surface area contributed by atoms with Gasteiger partial charge in [0.2, 0.25) is 0 Å². The summed E-state index contributed by atoms with van der Waals surface area (Å²) in [6.45, 7) is -0.187. The van der Waals surface area contributed by atoms with Crippen LogP contribution in [-0.2, 0) is 9.53 Å². The van der Waals surface area contributed by atoms with Crippen molar-refractivity contribution in [3.63, 3.8) is 0 Å². The predicted octanol–water partition coefficient (Wildman–Crippen LogP) is 3.13. The molecule has 2 rings (SSSR count). The van der Waals surface area contributed by atoms with Crippen molar-refractivity contribution in [2.45, 2.75) is 51.0 Å². The summed E-state index contributed by atoms with van der Waals surface area (Å²) in [6.07, 6.45) is 8.20. The van der Waals surface area contributed by atoms with Crippen LogP contribution in [-0.4, -0.2) is 24.5 Å². The molecule has 110 valence electrons. The highest BCUT2D eigenvalue weighted by Crippen LogP contribution is 2.17. The molecular formula is C15H21NO3S. The van der Waals surface area contributed by atoms with Gasteiger partial charge in [-0.3, -0.25) is 4.79 Å². The number of carbonyl (C=O) groups excluding carboxylic acids is 2. The Morgan fingerprint density at radius 2 is 1.90 bits per heavy atom. The lowest BCUT2D eigenvalue weighted by Gasteiger charge is -2.20. The van der Waals surface area contributed by atoms with Crippen LogP contribution < -0.4 is 5.32 Å². The van der Waals surface area contributed by atoms with E-state index >= 15 is 0 Å². The van der Waals surface area contributed by atoms with Crippen LogP contribution in [0.15, 0.2) is 17.5 Å². The SMILES string of the molecule is O=C(COC(=O)c1cccs1)NC1CCCCCCC1. The van der Waals surface area contributed by atoms with E-state index in [0.29, 0.717) is 4.88 Å². The van der Waals surface area contributed by atoms with Crippen molar-refractivity contribution in [2.24, 2.45) is 0 Å². The average molecular weight is 295 g/mol. The van der Waals surface area contributed by atoms with Crippen LogP contribution in [0.2, 0.25) is 0 Å². The fourth-order valence-electron chi connectivity index (χ4n) is 2.47. The molecular weight excluding hydrogens is 274 g/mol. The molecule has 20 heavy (non-hydrogen) atoms. The summed E-state index contributed by atoms with van der Waals surface area (Å²) in [6, 6.07) is 3.72. The summed E-state index contributed by atoms with van der Waals surface area (Å²) >= 11 is 1.32. The number of thiophene rings is 1. The molecule has 1 aromatic rings. The topological polar surface area (TPSA) is 55.4 Å². The number of esters is 1. The third-order valence-corrected chi connectivity index (χ3v) is 4.38. The maximum Gasteiger partial charge on any atom is 0.348 e.